The maximum Gasteiger partial charge on any atom is 0.410 e. The number of anilines is 1. The molecule has 1 saturated heterocycles. The Balaban J connectivity index is 1.99. The highest BCUT2D eigenvalue weighted by Gasteiger charge is 2.27. The van der Waals surface area contributed by atoms with Crippen molar-refractivity contribution in [1.29, 1.82) is 0 Å². The Morgan fingerprint density at radius 2 is 1.88 bits per heavy atom. The second-order valence-electron chi connectivity index (χ2n) is 6.70. The Bertz CT molecular complexity index is 637. The van der Waals surface area contributed by atoms with E-state index in [9.17, 15) is 14.0 Å². The molecule has 0 spiro atoms. The summed E-state index contributed by atoms with van der Waals surface area (Å²) in [6, 6.07) is 1.13. The van der Waals surface area contributed by atoms with Crippen molar-refractivity contribution in [2.45, 2.75) is 33.3 Å². The van der Waals surface area contributed by atoms with Crippen LogP contribution in [-0.4, -0.2) is 60.3 Å². The van der Waals surface area contributed by atoms with Gasteiger partial charge in [-0.2, -0.15) is 0 Å². The molecule has 0 bridgehead atoms. The molecule has 0 radical (unpaired) electrons. The van der Waals surface area contributed by atoms with E-state index in [0.29, 0.717) is 26.2 Å². The molecule has 7 nitrogen and oxygen atoms in total. The van der Waals surface area contributed by atoms with Gasteiger partial charge in [-0.05, 0) is 33.8 Å². The molecule has 1 aromatic rings. The number of rotatable bonds is 3. The Labute approximate surface area is 146 Å². The third-order valence-corrected chi connectivity index (χ3v) is 3.56. The van der Waals surface area contributed by atoms with E-state index in [1.54, 1.807) is 16.7 Å². The maximum absolute atomic E-state index is 14.3. The lowest BCUT2D eigenvalue weighted by Crippen LogP contribution is -2.50. The van der Waals surface area contributed by atoms with Crippen LogP contribution in [0.25, 0.3) is 0 Å². The zero-order valence-corrected chi connectivity index (χ0v) is 15.0. The molecule has 1 fully saturated rings. The van der Waals surface area contributed by atoms with Crippen molar-refractivity contribution in [3.05, 3.63) is 23.6 Å². The highest BCUT2D eigenvalue weighted by atomic mass is 19.1. The summed E-state index contributed by atoms with van der Waals surface area (Å²) in [4.78, 5) is 31.0. The highest BCUT2D eigenvalue weighted by Crippen LogP contribution is 2.20. The summed E-state index contributed by atoms with van der Waals surface area (Å²) >= 11 is 0. The first-order valence-electron chi connectivity index (χ1n) is 8.27. The predicted molar refractivity (Wildman–Crippen MR) is 90.2 cm³/mol. The zero-order chi connectivity index (χ0) is 18.6. The number of aromatic nitrogens is 1. The topological polar surface area (TPSA) is 72.0 Å². The third kappa shape index (κ3) is 5.04. The van der Waals surface area contributed by atoms with Crippen molar-refractivity contribution in [3.8, 4) is 0 Å². The molecule has 0 aromatic carbocycles. The molecule has 2 heterocycles. The van der Waals surface area contributed by atoms with E-state index in [2.05, 4.69) is 4.98 Å². The molecule has 1 aliphatic rings. The van der Waals surface area contributed by atoms with Crippen molar-refractivity contribution >= 4 is 17.9 Å². The van der Waals surface area contributed by atoms with E-state index in [0.717, 1.165) is 6.07 Å². The van der Waals surface area contributed by atoms with E-state index in [-0.39, 0.29) is 24.1 Å². The van der Waals surface area contributed by atoms with Gasteiger partial charge < -0.3 is 19.3 Å². The summed E-state index contributed by atoms with van der Waals surface area (Å²) in [6.07, 6.45) is 0.926. The van der Waals surface area contributed by atoms with Gasteiger partial charge in [-0.1, -0.05) is 0 Å². The normalized spacial score (nSPS) is 15.1. The van der Waals surface area contributed by atoms with Crippen LogP contribution >= 0.6 is 0 Å². The molecule has 0 N–H and O–H groups in total. The summed E-state index contributed by atoms with van der Waals surface area (Å²) < 4.78 is 24.5. The van der Waals surface area contributed by atoms with Crippen molar-refractivity contribution in [3.63, 3.8) is 0 Å². The number of amides is 1. The van der Waals surface area contributed by atoms with Gasteiger partial charge in [-0.15, -0.1) is 0 Å². The van der Waals surface area contributed by atoms with E-state index < -0.39 is 17.4 Å². The van der Waals surface area contributed by atoms with Crippen molar-refractivity contribution in [2.75, 3.05) is 37.7 Å². The van der Waals surface area contributed by atoms with E-state index in [1.807, 2.05) is 20.8 Å². The van der Waals surface area contributed by atoms with E-state index >= 15 is 0 Å². The lowest BCUT2D eigenvalue weighted by atomic mass is 10.2. The average Bonchev–Trinajstić information content (AvgIpc) is 2.53. The average molecular weight is 353 g/mol. The Hall–Kier alpha value is -2.38. The number of carbonyl (C=O) groups is 2. The highest BCUT2D eigenvalue weighted by molar-refractivity contribution is 5.89. The minimum Gasteiger partial charge on any atom is -0.462 e. The van der Waals surface area contributed by atoms with E-state index in [1.165, 1.54) is 6.20 Å². The molecule has 8 heteroatoms. The molecule has 25 heavy (non-hydrogen) atoms. The van der Waals surface area contributed by atoms with Crippen LogP contribution in [0.2, 0.25) is 0 Å². The van der Waals surface area contributed by atoms with Crippen LogP contribution in [0.1, 0.15) is 38.1 Å². The van der Waals surface area contributed by atoms with Crippen LogP contribution in [0.3, 0.4) is 0 Å². The minimum atomic E-state index is -0.602. The molecule has 0 atom stereocenters. The van der Waals surface area contributed by atoms with Crippen molar-refractivity contribution < 1.29 is 23.5 Å². The predicted octanol–water partition coefficient (Wildman–Crippen LogP) is 2.45. The van der Waals surface area contributed by atoms with E-state index in [4.69, 9.17) is 9.47 Å². The Morgan fingerprint density at radius 1 is 1.24 bits per heavy atom. The van der Waals surface area contributed by atoms with Gasteiger partial charge in [0.05, 0.1) is 12.2 Å². The largest absolute Gasteiger partial charge is 0.462 e. The van der Waals surface area contributed by atoms with Crippen LogP contribution in [-0.2, 0) is 9.47 Å². The first-order valence-corrected chi connectivity index (χ1v) is 8.27. The second kappa shape index (κ2) is 7.67. The fraction of sp³-hybridized carbons (Fsp3) is 0.588. The lowest BCUT2D eigenvalue weighted by molar-refractivity contribution is 0.0240. The van der Waals surface area contributed by atoms with Gasteiger partial charge in [0.1, 0.15) is 5.60 Å². The smallest absolute Gasteiger partial charge is 0.410 e. The van der Waals surface area contributed by atoms with Crippen LogP contribution in [0.5, 0.6) is 0 Å². The molecule has 0 saturated carbocycles. The Morgan fingerprint density at radius 3 is 2.40 bits per heavy atom. The number of nitrogens with zero attached hydrogens (tertiary/aromatic N) is 3. The number of pyridine rings is 1. The summed E-state index contributed by atoms with van der Waals surface area (Å²) in [5, 5.41) is 0. The third-order valence-electron chi connectivity index (χ3n) is 3.56. The van der Waals surface area contributed by atoms with Gasteiger partial charge in [0, 0.05) is 32.4 Å². The second-order valence-corrected chi connectivity index (χ2v) is 6.70. The van der Waals surface area contributed by atoms with Gasteiger partial charge in [-0.25, -0.2) is 19.0 Å². The quantitative estimate of drug-likeness (QED) is 0.778. The molecular weight excluding hydrogens is 329 g/mol. The number of piperazine rings is 1. The number of carbonyl (C=O) groups excluding carboxylic acids is 2. The van der Waals surface area contributed by atoms with Crippen molar-refractivity contribution in [2.24, 2.45) is 0 Å². The number of hydrogen-bond donors (Lipinski definition) is 0. The van der Waals surface area contributed by atoms with Crippen LogP contribution in [0, 0.1) is 5.82 Å². The van der Waals surface area contributed by atoms with Crippen LogP contribution in [0.4, 0.5) is 15.0 Å². The minimum absolute atomic E-state index is 0.0792. The molecular formula is C17H24FN3O4. The number of hydrogen-bond acceptors (Lipinski definition) is 6. The number of esters is 1. The van der Waals surface area contributed by atoms with Gasteiger partial charge in [-0.3, -0.25) is 0 Å². The summed E-state index contributed by atoms with van der Waals surface area (Å²) in [6.45, 7) is 9.02. The summed E-state index contributed by atoms with van der Waals surface area (Å²) in [7, 11) is 0. The molecule has 0 unspecified atom stereocenters. The number of ether oxygens (including phenoxy) is 2. The Kier molecular flexibility index (Phi) is 5.81. The molecule has 1 aromatic heterocycles. The van der Waals surface area contributed by atoms with Crippen LogP contribution in [0.15, 0.2) is 12.3 Å². The lowest BCUT2D eigenvalue weighted by Gasteiger charge is -2.36. The fourth-order valence-electron chi connectivity index (χ4n) is 2.42. The first-order chi connectivity index (χ1) is 11.7. The van der Waals surface area contributed by atoms with Crippen molar-refractivity contribution in [1.82, 2.24) is 9.88 Å². The number of halogens is 1. The first kappa shape index (κ1) is 19.0. The molecule has 138 valence electrons. The SMILES string of the molecule is CCOC(=O)c1cnc(N2CCN(C(=O)OC(C)(C)C)CC2)c(F)c1. The fourth-order valence-corrected chi connectivity index (χ4v) is 2.42. The summed E-state index contributed by atoms with van der Waals surface area (Å²) in [5.74, 6) is -1.02. The maximum atomic E-state index is 14.3. The molecule has 1 amide bonds. The van der Waals surface area contributed by atoms with Gasteiger partial charge in [0.25, 0.3) is 0 Å². The standard InChI is InChI=1S/C17H24FN3O4/c1-5-24-15(22)12-10-13(18)14(19-11-12)20-6-8-21(9-7-20)16(23)25-17(2,3)4/h10-11H,5-9H2,1-4H3. The molecule has 2 rings (SSSR count). The van der Waals surface area contributed by atoms with Gasteiger partial charge >= 0.3 is 12.1 Å². The summed E-state index contributed by atoms with van der Waals surface area (Å²) in [5.41, 5.74) is -0.472. The monoisotopic (exact) mass is 353 g/mol. The van der Waals surface area contributed by atoms with Crippen LogP contribution < -0.4 is 4.90 Å². The zero-order valence-electron chi connectivity index (χ0n) is 15.0. The molecule has 0 aliphatic carbocycles. The van der Waals surface area contributed by atoms with Gasteiger partial charge in [0.15, 0.2) is 11.6 Å². The van der Waals surface area contributed by atoms with Gasteiger partial charge in [0.2, 0.25) is 0 Å². The molecule has 1 aliphatic heterocycles.